The predicted molar refractivity (Wildman–Crippen MR) is 76.0 cm³/mol. The Hall–Kier alpha value is -1.12. The molecule has 0 bridgehead atoms. The van der Waals surface area contributed by atoms with Crippen LogP contribution in [0.2, 0.25) is 0 Å². The van der Waals surface area contributed by atoms with Gasteiger partial charge in [0, 0.05) is 6.16 Å². The Morgan fingerprint density at radius 1 is 1.26 bits per heavy atom. The summed E-state index contributed by atoms with van der Waals surface area (Å²) >= 11 is 0. The van der Waals surface area contributed by atoms with Gasteiger partial charge in [-0.3, -0.25) is 9.36 Å². The first kappa shape index (κ1) is 15.9. The molecule has 4 nitrogen and oxygen atoms in total. The van der Waals surface area contributed by atoms with Crippen LogP contribution in [-0.4, -0.2) is 30.0 Å². The van der Waals surface area contributed by atoms with Gasteiger partial charge in [-0.15, -0.1) is 0 Å². The molecule has 0 fully saturated rings. The number of carboxylic acid groups (broad SMARTS) is 1. The van der Waals surface area contributed by atoms with Crippen LogP contribution in [0.25, 0.3) is 0 Å². The normalized spacial score (nSPS) is 13.9. The van der Waals surface area contributed by atoms with E-state index in [9.17, 15) is 9.36 Å². The van der Waals surface area contributed by atoms with Gasteiger partial charge in [0.2, 0.25) is 7.37 Å². The van der Waals surface area contributed by atoms with Gasteiger partial charge >= 0.3 is 5.97 Å². The quantitative estimate of drug-likeness (QED) is 0.557. The molecular formula is C14H21O4P. The summed E-state index contributed by atoms with van der Waals surface area (Å²) in [7, 11) is -3.00. The maximum atomic E-state index is 12.2. The van der Waals surface area contributed by atoms with Gasteiger partial charge in [0.1, 0.15) is 6.16 Å². The van der Waals surface area contributed by atoms with E-state index in [-0.39, 0.29) is 6.16 Å². The summed E-state index contributed by atoms with van der Waals surface area (Å²) in [4.78, 5) is 10.7. The van der Waals surface area contributed by atoms with E-state index in [1.165, 1.54) is 5.56 Å². The second-order valence-corrected chi connectivity index (χ2v) is 7.10. The van der Waals surface area contributed by atoms with Crippen molar-refractivity contribution in [1.29, 1.82) is 0 Å². The molecule has 0 aliphatic carbocycles. The first-order valence-electron chi connectivity index (χ1n) is 6.54. The highest BCUT2D eigenvalue weighted by atomic mass is 31.2. The molecule has 106 valence electrons. The lowest BCUT2D eigenvalue weighted by Crippen LogP contribution is -2.09. The summed E-state index contributed by atoms with van der Waals surface area (Å²) in [6.45, 7) is 2.03. The Labute approximate surface area is 114 Å². The summed E-state index contributed by atoms with van der Waals surface area (Å²) < 4.78 is 17.4. The SMILES string of the molecule is CCO[P@](=O)(CCCCc1ccccc1)CC(=O)O. The number of rotatable bonds is 9. The van der Waals surface area contributed by atoms with Crippen LogP contribution in [0, 0.1) is 0 Å². The lowest BCUT2D eigenvalue weighted by Gasteiger charge is -2.15. The first-order chi connectivity index (χ1) is 9.06. The highest BCUT2D eigenvalue weighted by Gasteiger charge is 2.25. The van der Waals surface area contributed by atoms with Crippen molar-refractivity contribution >= 4 is 13.3 Å². The molecule has 0 saturated carbocycles. The molecule has 1 atom stereocenters. The third-order valence-corrected chi connectivity index (χ3v) is 5.28. The van der Waals surface area contributed by atoms with Crippen LogP contribution in [0.4, 0.5) is 0 Å². The molecule has 0 spiro atoms. The van der Waals surface area contributed by atoms with Crippen LogP contribution in [0.1, 0.15) is 25.3 Å². The van der Waals surface area contributed by atoms with Crippen molar-refractivity contribution in [1.82, 2.24) is 0 Å². The molecule has 0 radical (unpaired) electrons. The number of carbonyl (C=O) groups is 1. The second-order valence-electron chi connectivity index (χ2n) is 4.45. The van der Waals surface area contributed by atoms with E-state index in [2.05, 4.69) is 12.1 Å². The van der Waals surface area contributed by atoms with Crippen molar-refractivity contribution in [3.05, 3.63) is 35.9 Å². The van der Waals surface area contributed by atoms with Gasteiger partial charge in [-0.2, -0.15) is 0 Å². The third kappa shape index (κ3) is 6.55. The van der Waals surface area contributed by atoms with Crippen molar-refractivity contribution in [3.63, 3.8) is 0 Å². The number of benzene rings is 1. The van der Waals surface area contributed by atoms with Gasteiger partial charge in [-0.25, -0.2) is 0 Å². The molecule has 0 heterocycles. The van der Waals surface area contributed by atoms with Crippen molar-refractivity contribution < 1.29 is 19.0 Å². The van der Waals surface area contributed by atoms with Gasteiger partial charge in [0.05, 0.1) is 6.61 Å². The number of hydrogen-bond donors (Lipinski definition) is 1. The van der Waals surface area contributed by atoms with Gasteiger partial charge in [0.25, 0.3) is 0 Å². The van der Waals surface area contributed by atoms with Crippen molar-refractivity contribution in [2.75, 3.05) is 18.9 Å². The Morgan fingerprint density at radius 3 is 2.53 bits per heavy atom. The zero-order valence-corrected chi connectivity index (χ0v) is 12.1. The van der Waals surface area contributed by atoms with E-state index in [1.807, 2.05) is 18.2 Å². The molecule has 1 N–H and O–H groups in total. The van der Waals surface area contributed by atoms with Gasteiger partial charge in [-0.05, 0) is 31.7 Å². The third-order valence-electron chi connectivity index (χ3n) is 2.80. The molecule has 5 heteroatoms. The zero-order valence-electron chi connectivity index (χ0n) is 11.2. The molecule has 1 rings (SSSR count). The summed E-state index contributed by atoms with van der Waals surface area (Å²) in [5.41, 5.74) is 1.24. The molecule has 1 aromatic rings. The average molecular weight is 284 g/mol. The molecule has 0 aliphatic rings. The van der Waals surface area contributed by atoms with E-state index < -0.39 is 13.3 Å². The molecule has 0 aromatic heterocycles. The Balaban J connectivity index is 2.36. The van der Waals surface area contributed by atoms with E-state index in [0.717, 1.165) is 19.3 Å². The van der Waals surface area contributed by atoms with E-state index in [0.29, 0.717) is 12.8 Å². The van der Waals surface area contributed by atoms with Crippen LogP contribution in [0.15, 0.2) is 30.3 Å². The lowest BCUT2D eigenvalue weighted by atomic mass is 10.1. The fourth-order valence-corrected chi connectivity index (χ4v) is 3.92. The minimum absolute atomic E-state index is 0.295. The zero-order chi connectivity index (χ0) is 14.1. The Kier molecular flexibility index (Phi) is 6.82. The molecule has 19 heavy (non-hydrogen) atoms. The number of aryl methyl sites for hydroxylation is 1. The molecule has 1 aromatic carbocycles. The topological polar surface area (TPSA) is 63.6 Å². The van der Waals surface area contributed by atoms with Crippen molar-refractivity contribution in [3.8, 4) is 0 Å². The van der Waals surface area contributed by atoms with Crippen LogP contribution in [0.5, 0.6) is 0 Å². The monoisotopic (exact) mass is 284 g/mol. The summed E-state index contributed by atoms with van der Waals surface area (Å²) in [6, 6.07) is 10.1. The smallest absolute Gasteiger partial charge is 0.313 e. The van der Waals surface area contributed by atoms with Crippen LogP contribution < -0.4 is 0 Å². The summed E-state index contributed by atoms with van der Waals surface area (Å²) in [5, 5.41) is 8.76. The van der Waals surface area contributed by atoms with Crippen LogP contribution in [-0.2, 0) is 20.3 Å². The van der Waals surface area contributed by atoms with E-state index in [1.54, 1.807) is 6.92 Å². The second kappa shape index (κ2) is 8.13. The number of aliphatic carboxylic acids is 1. The highest BCUT2D eigenvalue weighted by molar-refractivity contribution is 7.59. The van der Waals surface area contributed by atoms with Crippen LogP contribution >= 0.6 is 7.37 Å². The molecule has 0 unspecified atom stereocenters. The Morgan fingerprint density at radius 2 is 1.95 bits per heavy atom. The van der Waals surface area contributed by atoms with Crippen molar-refractivity contribution in [2.24, 2.45) is 0 Å². The standard InChI is InChI=1S/C14H21O4P/c1-2-18-19(17,12-14(15)16)11-7-6-10-13-8-4-3-5-9-13/h3-5,8-9H,2,6-7,10-12H2,1H3,(H,15,16)/t19-/m1/s1. The fraction of sp³-hybridized carbons (Fsp3) is 0.500. The largest absolute Gasteiger partial charge is 0.481 e. The van der Waals surface area contributed by atoms with E-state index >= 15 is 0 Å². The number of unbranched alkanes of at least 4 members (excludes halogenated alkanes) is 1. The summed E-state index contributed by atoms with van der Waals surface area (Å²) in [5.74, 6) is -1.06. The van der Waals surface area contributed by atoms with E-state index in [4.69, 9.17) is 9.63 Å². The number of hydrogen-bond acceptors (Lipinski definition) is 3. The maximum Gasteiger partial charge on any atom is 0.313 e. The average Bonchev–Trinajstić information content (AvgIpc) is 2.35. The summed E-state index contributed by atoms with van der Waals surface area (Å²) in [6.07, 6.45) is 2.51. The maximum absolute atomic E-state index is 12.2. The molecule has 0 aliphatic heterocycles. The molecule has 0 saturated heterocycles. The molecule has 0 amide bonds. The predicted octanol–water partition coefficient (Wildman–Crippen LogP) is 3.41. The Bertz CT molecular complexity index is 430. The highest BCUT2D eigenvalue weighted by Crippen LogP contribution is 2.47. The van der Waals surface area contributed by atoms with Gasteiger partial charge in [0.15, 0.2) is 0 Å². The number of carboxylic acids is 1. The minimum Gasteiger partial charge on any atom is -0.481 e. The first-order valence-corrected chi connectivity index (χ1v) is 8.53. The van der Waals surface area contributed by atoms with Crippen molar-refractivity contribution in [2.45, 2.75) is 26.2 Å². The lowest BCUT2D eigenvalue weighted by molar-refractivity contribution is -0.134. The van der Waals surface area contributed by atoms with Gasteiger partial charge in [-0.1, -0.05) is 30.3 Å². The van der Waals surface area contributed by atoms with Crippen LogP contribution in [0.3, 0.4) is 0 Å². The minimum atomic E-state index is -3.00. The van der Waals surface area contributed by atoms with Gasteiger partial charge < -0.3 is 9.63 Å². The molecular weight excluding hydrogens is 263 g/mol. The fourth-order valence-electron chi connectivity index (χ4n) is 1.96.